The van der Waals surface area contributed by atoms with Gasteiger partial charge in [0.25, 0.3) is 0 Å². The Morgan fingerprint density at radius 1 is 1.43 bits per heavy atom. The smallest absolute Gasteiger partial charge is 0.224 e. The minimum absolute atomic E-state index is 0.248. The Bertz CT molecular complexity index is 481. The first kappa shape index (κ1) is 15.7. The van der Waals surface area contributed by atoms with E-state index in [1.54, 1.807) is 0 Å². The number of amides is 1. The van der Waals surface area contributed by atoms with Crippen LogP contribution in [0.25, 0.3) is 0 Å². The van der Waals surface area contributed by atoms with E-state index in [0.717, 1.165) is 55.5 Å². The number of hydrogen-bond donors (Lipinski definition) is 1. The van der Waals surface area contributed by atoms with E-state index in [9.17, 15) is 4.79 Å². The van der Waals surface area contributed by atoms with Gasteiger partial charge < -0.3 is 10.2 Å². The summed E-state index contributed by atoms with van der Waals surface area (Å²) in [6.07, 6.45) is 5.54. The molecule has 0 aliphatic carbocycles. The number of carbonyl (C=O) groups is 1. The van der Waals surface area contributed by atoms with Crippen molar-refractivity contribution in [2.45, 2.75) is 46.5 Å². The molecule has 2 heterocycles. The van der Waals surface area contributed by atoms with E-state index in [4.69, 9.17) is 0 Å². The molecule has 1 aliphatic rings. The molecule has 1 saturated heterocycles. The second kappa shape index (κ2) is 7.38. The lowest BCUT2D eigenvalue weighted by atomic mass is 9.99. The maximum Gasteiger partial charge on any atom is 0.224 e. The summed E-state index contributed by atoms with van der Waals surface area (Å²) < 4.78 is 0. The van der Waals surface area contributed by atoms with Gasteiger partial charge in [-0.1, -0.05) is 13.8 Å². The van der Waals surface area contributed by atoms with Crippen LogP contribution in [0.2, 0.25) is 0 Å². The molecule has 0 radical (unpaired) electrons. The van der Waals surface area contributed by atoms with E-state index in [2.05, 4.69) is 29.1 Å². The molecule has 1 aliphatic heterocycles. The fourth-order valence-electron chi connectivity index (χ4n) is 2.61. The van der Waals surface area contributed by atoms with Crippen LogP contribution in [-0.4, -0.2) is 40.4 Å². The first-order valence-electron chi connectivity index (χ1n) is 7.94. The number of nitrogens with zero attached hydrogens (tertiary/aromatic N) is 3. The molecular weight excluding hydrogens is 264 g/mol. The number of aryl methyl sites for hydroxylation is 2. The molecular formula is C16H26N4O. The monoisotopic (exact) mass is 290 g/mol. The predicted molar refractivity (Wildman–Crippen MR) is 84.2 cm³/mol. The molecule has 2 rings (SSSR count). The zero-order valence-corrected chi connectivity index (χ0v) is 13.4. The molecule has 1 aromatic heterocycles. The van der Waals surface area contributed by atoms with Crippen molar-refractivity contribution in [1.82, 2.24) is 14.9 Å². The normalized spacial score (nSPS) is 16.0. The van der Waals surface area contributed by atoms with Gasteiger partial charge in [-0.05, 0) is 32.1 Å². The van der Waals surface area contributed by atoms with E-state index >= 15 is 0 Å². The highest BCUT2D eigenvalue weighted by Crippen LogP contribution is 2.17. The quantitative estimate of drug-likeness (QED) is 0.904. The molecule has 1 aromatic rings. The molecule has 0 spiro atoms. The Balaban J connectivity index is 1.81. The molecule has 5 nitrogen and oxygen atoms in total. The molecule has 0 atom stereocenters. The van der Waals surface area contributed by atoms with Gasteiger partial charge in [-0.25, -0.2) is 9.97 Å². The molecule has 116 valence electrons. The summed E-state index contributed by atoms with van der Waals surface area (Å²) in [7, 11) is 0. The van der Waals surface area contributed by atoms with Crippen molar-refractivity contribution in [2.75, 3.05) is 25.0 Å². The number of carbonyl (C=O) groups excluding carboxylic acids is 1. The number of likely N-dealkylation sites (tertiary alicyclic amines) is 1. The van der Waals surface area contributed by atoms with Gasteiger partial charge in [-0.15, -0.1) is 0 Å². The second-order valence-electron chi connectivity index (χ2n) is 5.88. The van der Waals surface area contributed by atoms with Crippen molar-refractivity contribution in [3.8, 4) is 0 Å². The molecule has 0 bridgehead atoms. The highest BCUT2D eigenvalue weighted by molar-refractivity contribution is 5.76. The highest BCUT2D eigenvalue weighted by Gasteiger charge is 2.19. The van der Waals surface area contributed by atoms with Crippen LogP contribution in [0.3, 0.4) is 0 Å². The van der Waals surface area contributed by atoms with Crippen LogP contribution in [0.1, 0.15) is 44.5 Å². The minimum atomic E-state index is 0.248. The number of anilines is 1. The van der Waals surface area contributed by atoms with Crippen LogP contribution in [0.4, 0.5) is 5.82 Å². The van der Waals surface area contributed by atoms with Crippen molar-refractivity contribution < 1.29 is 4.79 Å². The van der Waals surface area contributed by atoms with Gasteiger partial charge in [-0.2, -0.15) is 0 Å². The van der Waals surface area contributed by atoms with Crippen molar-refractivity contribution in [2.24, 2.45) is 5.92 Å². The van der Waals surface area contributed by atoms with Crippen LogP contribution in [-0.2, 0) is 11.2 Å². The number of piperidine rings is 1. The van der Waals surface area contributed by atoms with Crippen LogP contribution in [0, 0.1) is 12.8 Å². The zero-order valence-electron chi connectivity index (χ0n) is 13.4. The van der Waals surface area contributed by atoms with Crippen molar-refractivity contribution in [1.29, 1.82) is 0 Å². The van der Waals surface area contributed by atoms with E-state index in [0.29, 0.717) is 13.0 Å². The Morgan fingerprint density at radius 3 is 2.81 bits per heavy atom. The first-order valence-corrected chi connectivity index (χ1v) is 7.94. The zero-order chi connectivity index (χ0) is 15.2. The van der Waals surface area contributed by atoms with E-state index in [1.807, 2.05) is 18.0 Å². The molecule has 1 N–H and O–H groups in total. The number of nitrogens with one attached hydrogen (secondary N) is 1. The SMILES string of the molecule is CCc1cnc(C)nc1NCCC(=O)N1CCC(C)CC1. The summed E-state index contributed by atoms with van der Waals surface area (Å²) in [6.45, 7) is 8.67. The van der Waals surface area contributed by atoms with Gasteiger partial charge in [0.1, 0.15) is 11.6 Å². The maximum absolute atomic E-state index is 12.2. The standard InChI is InChI=1S/C16H26N4O/c1-4-14-11-18-13(3)19-16(14)17-8-5-15(21)20-9-6-12(2)7-10-20/h11-12H,4-10H2,1-3H3,(H,17,18,19). The summed E-state index contributed by atoms with van der Waals surface area (Å²) in [4.78, 5) is 22.8. The Hall–Kier alpha value is -1.65. The van der Waals surface area contributed by atoms with Gasteiger partial charge in [0.05, 0.1) is 0 Å². The number of rotatable bonds is 5. The summed E-state index contributed by atoms with van der Waals surface area (Å²) >= 11 is 0. The van der Waals surface area contributed by atoms with Crippen LogP contribution >= 0.6 is 0 Å². The summed E-state index contributed by atoms with van der Waals surface area (Å²) in [5, 5.41) is 3.29. The molecule has 21 heavy (non-hydrogen) atoms. The minimum Gasteiger partial charge on any atom is -0.369 e. The third-order valence-electron chi connectivity index (χ3n) is 4.13. The summed E-state index contributed by atoms with van der Waals surface area (Å²) in [6, 6.07) is 0. The van der Waals surface area contributed by atoms with Gasteiger partial charge in [-0.3, -0.25) is 4.79 Å². The highest BCUT2D eigenvalue weighted by atomic mass is 16.2. The van der Waals surface area contributed by atoms with E-state index < -0.39 is 0 Å². The predicted octanol–water partition coefficient (Wildman–Crippen LogP) is 2.41. The summed E-state index contributed by atoms with van der Waals surface area (Å²) in [5.41, 5.74) is 1.10. The third-order valence-corrected chi connectivity index (χ3v) is 4.13. The van der Waals surface area contributed by atoms with Crippen molar-refractivity contribution in [3.05, 3.63) is 17.6 Å². The Kier molecular flexibility index (Phi) is 5.53. The Morgan fingerprint density at radius 2 is 2.14 bits per heavy atom. The van der Waals surface area contributed by atoms with E-state index in [1.165, 1.54) is 0 Å². The van der Waals surface area contributed by atoms with Crippen LogP contribution in [0.5, 0.6) is 0 Å². The van der Waals surface area contributed by atoms with Gasteiger partial charge in [0, 0.05) is 37.8 Å². The Labute approximate surface area is 127 Å². The van der Waals surface area contributed by atoms with Crippen molar-refractivity contribution in [3.63, 3.8) is 0 Å². The maximum atomic E-state index is 12.2. The molecule has 0 saturated carbocycles. The second-order valence-corrected chi connectivity index (χ2v) is 5.88. The molecule has 0 unspecified atom stereocenters. The van der Waals surface area contributed by atoms with Gasteiger partial charge in [0.15, 0.2) is 0 Å². The molecule has 0 aromatic carbocycles. The fourth-order valence-corrected chi connectivity index (χ4v) is 2.61. The van der Waals surface area contributed by atoms with Gasteiger partial charge in [0.2, 0.25) is 5.91 Å². The molecule has 5 heteroatoms. The largest absolute Gasteiger partial charge is 0.369 e. The van der Waals surface area contributed by atoms with Crippen molar-refractivity contribution >= 4 is 11.7 Å². The van der Waals surface area contributed by atoms with Crippen LogP contribution in [0.15, 0.2) is 6.20 Å². The number of hydrogen-bond acceptors (Lipinski definition) is 4. The van der Waals surface area contributed by atoms with E-state index in [-0.39, 0.29) is 5.91 Å². The van der Waals surface area contributed by atoms with Crippen LogP contribution < -0.4 is 5.32 Å². The lowest BCUT2D eigenvalue weighted by molar-refractivity contribution is -0.132. The number of aromatic nitrogens is 2. The topological polar surface area (TPSA) is 58.1 Å². The molecule has 1 amide bonds. The summed E-state index contributed by atoms with van der Waals surface area (Å²) in [5.74, 6) is 2.62. The lowest BCUT2D eigenvalue weighted by Crippen LogP contribution is -2.38. The van der Waals surface area contributed by atoms with Gasteiger partial charge >= 0.3 is 0 Å². The molecule has 1 fully saturated rings. The lowest BCUT2D eigenvalue weighted by Gasteiger charge is -2.30. The first-order chi connectivity index (χ1) is 10.1. The third kappa shape index (κ3) is 4.41. The fraction of sp³-hybridized carbons (Fsp3) is 0.688. The average molecular weight is 290 g/mol. The average Bonchev–Trinajstić information content (AvgIpc) is 2.48.